The third-order valence-corrected chi connectivity index (χ3v) is 6.39. The van der Waals surface area contributed by atoms with E-state index in [-0.39, 0.29) is 36.6 Å². The van der Waals surface area contributed by atoms with Crippen molar-refractivity contribution in [3.8, 4) is 0 Å². The van der Waals surface area contributed by atoms with Crippen LogP contribution in [-0.2, 0) is 0 Å². The molecule has 10 heteroatoms. The Morgan fingerprint density at radius 2 is 1.86 bits per heavy atom. The van der Waals surface area contributed by atoms with Crippen LogP contribution in [0.1, 0.15) is 36.8 Å². The van der Waals surface area contributed by atoms with Crippen molar-refractivity contribution < 1.29 is 9.18 Å². The number of carbonyl (C=O) groups is 1. The molecule has 1 saturated heterocycles. The fourth-order valence-electron chi connectivity index (χ4n) is 4.72. The van der Waals surface area contributed by atoms with Gasteiger partial charge < -0.3 is 4.90 Å². The first-order valence-electron chi connectivity index (χ1n) is 11.0. The minimum Gasteiger partial charge on any atom is -0.356 e. The molecule has 0 spiro atoms. The maximum atomic E-state index is 13.5. The third-order valence-electron chi connectivity index (χ3n) is 6.39. The highest BCUT2D eigenvalue weighted by molar-refractivity contribution is 6.01. The Morgan fingerprint density at radius 1 is 1.03 bits per heavy atom. The molecule has 1 aromatic carbocycles. The number of aromatic nitrogens is 6. The van der Waals surface area contributed by atoms with Gasteiger partial charge in [0.1, 0.15) is 23.7 Å². The lowest BCUT2D eigenvalue weighted by molar-refractivity contribution is 0.0960. The Bertz CT molecular complexity index is 1590. The van der Waals surface area contributed by atoms with E-state index in [1.54, 1.807) is 35.2 Å². The molecule has 1 N–H and O–H groups in total. The van der Waals surface area contributed by atoms with E-state index in [4.69, 9.17) is 0 Å². The first-order chi connectivity index (χ1) is 16.6. The molecule has 0 unspecified atom stereocenters. The normalized spacial score (nSPS) is 14.4. The molecule has 0 amide bonds. The molecule has 35 heavy (non-hydrogen) atoms. The summed E-state index contributed by atoms with van der Waals surface area (Å²) in [6.07, 6.45) is 6.17. The molecule has 5 aromatic rings. The summed E-state index contributed by atoms with van der Waals surface area (Å²) in [4.78, 5) is 43.3. The van der Waals surface area contributed by atoms with Crippen LogP contribution >= 0.6 is 0 Å². The molecule has 0 aliphatic carbocycles. The van der Waals surface area contributed by atoms with E-state index < -0.39 is 0 Å². The van der Waals surface area contributed by atoms with E-state index in [1.807, 2.05) is 12.1 Å². The largest absolute Gasteiger partial charge is 0.356 e. The van der Waals surface area contributed by atoms with Crippen LogP contribution in [0.25, 0.3) is 22.1 Å². The summed E-state index contributed by atoms with van der Waals surface area (Å²) in [6, 6.07) is 11.5. The van der Waals surface area contributed by atoms with Gasteiger partial charge in [-0.2, -0.15) is 0 Å². The Labute approximate surface area is 199 Å². The highest BCUT2D eigenvalue weighted by Gasteiger charge is 2.25. The number of pyridine rings is 1. The first-order valence-corrected chi connectivity index (χ1v) is 11.0. The second-order valence-electron chi connectivity index (χ2n) is 8.34. The molecule has 0 radical (unpaired) electrons. The molecule has 9 nitrogen and oxygen atoms in total. The van der Waals surface area contributed by atoms with Gasteiger partial charge in [0, 0.05) is 43.0 Å². The van der Waals surface area contributed by atoms with E-state index in [2.05, 4.69) is 24.8 Å². The molecule has 6 rings (SSSR count). The Hall–Kier alpha value is -4.34. The van der Waals surface area contributed by atoms with Crippen molar-refractivity contribution in [3.63, 3.8) is 0 Å². The van der Waals surface area contributed by atoms with Crippen molar-refractivity contribution in [3.05, 3.63) is 83.2 Å². The van der Waals surface area contributed by atoms with E-state index in [0.29, 0.717) is 35.5 Å². The van der Waals surface area contributed by atoms with Crippen LogP contribution in [0.15, 0.2) is 66.0 Å². The highest BCUT2D eigenvalue weighted by atomic mass is 19.1. The van der Waals surface area contributed by atoms with Crippen LogP contribution in [0.2, 0.25) is 0 Å². The van der Waals surface area contributed by atoms with Gasteiger partial charge in [-0.15, -0.1) is 0 Å². The molecule has 0 atom stereocenters. The van der Waals surface area contributed by atoms with E-state index in [9.17, 15) is 14.0 Å². The lowest BCUT2D eigenvalue weighted by Crippen LogP contribution is -2.37. The van der Waals surface area contributed by atoms with E-state index >= 15 is 0 Å². The predicted molar refractivity (Wildman–Crippen MR) is 131 cm³/mol. The van der Waals surface area contributed by atoms with Gasteiger partial charge in [0.2, 0.25) is 0 Å². The Balaban J connectivity index is 0.00000253. The van der Waals surface area contributed by atoms with Crippen molar-refractivity contribution >= 4 is 33.8 Å². The number of anilines is 1. The van der Waals surface area contributed by atoms with Gasteiger partial charge >= 0.3 is 5.69 Å². The van der Waals surface area contributed by atoms with Gasteiger partial charge in [-0.05, 0) is 49.2 Å². The minimum atomic E-state index is -0.350. The lowest BCUT2D eigenvalue weighted by Gasteiger charge is -2.33. The molecule has 0 bridgehead atoms. The predicted octanol–water partition coefficient (Wildman–Crippen LogP) is 3.77. The number of imidazole rings is 1. The number of hydrogen-bond acceptors (Lipinski definition) is 6. The van der Waals surface area contributed by atoms with Gasteiger partial charge in [-0.25, -0.2) is 24.1 Å². The van der Waals surface area contributed by atoms with Crippen molar-refractivity contribution in [1.82, 2.24) is 29.1 Å². The van der Waals surface area contributed by atoms with Gasteiger partial charge in [0.25, 0.3) is 5.91 Å². The zero-order chi connectivity index (χ0) is 23.2. The second kappa shape index (κ2) is 8.79. The molecule has 1 aliphatic rings. The zero-order valence-corrected chi connectivity index (χ0v) is 18.1. The quantitative estimate of drug-likeness (QED) is 0.428. The number of halogens is 1. The second-order valence-corrected chi connectivity index (χ2v) is 8.34. The number of fused-ring (bicyclic) bond motifs is 2. The molecule has 1 fully saturated rings. The molecule has 178 valence electrons. The topological polar surface area (TPSA) is 102 Å². The summed E-state index contributed by atoms with van der Waals surface area (Å²) in [5, 5.41) is 0.646. The number of hydrogen-bond donors (Lipinski definition) is 1. The summed E-state index contributed by atoms with van der Waals surface area (Å²) in [7, 11) is 0. The van der Waals surface area contributed by atoms with Crippen LogP contribution < -0.4 is 10.6 Å². The van der Waals surface area contributed by atoms with Gasteiger partial charge in [0.05, 0.1) is 11.0 Å². The highest BCUT2D eigenvalue weighted by Crippen LogP contribution is 2.27. The lowest BCUT2D eigenvalue weighted by atomic mass is 10.0. The van der Waals surface area contributed by atoms with Crippen LogP contribution in [0, 0.1) is 5.82 Å². The Morgan fingerprint density at radius 3 is 2.69 bits per heavy atom. The number of carbonyl (C=O) groups excluding carboxylic acids is 1. The fraction of sp³-hybridized carbons (Fsp3) is 0.240. The summed E-state index contributed by atoms with van der Waals surface area (Å²) >= 11 is 0. The monoisotopic (exact) mass is 473 g/mol. The number of H-pyrrole nitrogens is 1. The van der Waals surface area contributed by atoms with E-state index in [1.165, 1.54) is 23.0 Å². The summed E-state index contributed by atoms with van der Waals surface area (Å²) in [6.45, 7) is 1.36. The Kier molecular flexibility index (Phi) is 5.64. The zero-order valence-electron chi connectivity index (χ0n) is 18.1. The number of benzene rings is 1. The third kappa shape index (κ3) is 3.86. The molecular weight excluding hydrogens is 449 g/mol. The average Bonchev–Trinajstić information content (AvgIpc) is 3.43. The first kappa shape index (κ1) is 22.5. The average molecular weight is 474 g/mol. The molecule has 0 saturated carbocycles. The van der Waals surface area contributed by atoms with Crippen molar-refractivity contribution in [2.75, 3.05) is 18.0 Å². The number of rotatable bonds is 3. The van der Waals surface area contributed by atoms with Crippen molar-refractivity contribution in [1.29, 1.82) is 0 Å². The smallest absolute Gasteiger partial charge is 0.327 e. The minimum absolute atomic E-state index is 0. The fourth-order valence-corrected chi connectivity index (χ4v) is 4.72. The number of nitrogens with zero attached hydrogens (tertiary/aromatic N) is 6. The van der Waals surface area contributed by atoms with Crippen LogP contribution in [0.4, 0.5) is 10.2 Å². The standard InChI is InChI=1S/C24H20FN7O2.CH4/c25-16-3-4-19-15(12-16)5-11-31(19)23(33)18-13-21(28-14-27-18)30-9-6-17(7-10-30)32-20-2-1-8-26-22(20)29-24(32)34;/h1-5,8,11-14,17H,6-7,9-10H2,(H,26,29,34);1H4. The maximum absolute atomic E-state index is 13.5. The van der Waals surface area contributed by atoms with E-state index in [0.717, 1.165) is 18.4 Å². The molecule has 5 heterocycles. The number of piperidine rings is 1. The van der Waals surface area contributed by atoms with Gasteiger partial charge in [-0.3, -0.25) is 18.9 Å². The SMILES string of the molecule is C.O=C(c1cc(N2CCC(n3c(=O)[nH]c4ncccc43)CC2)ncn1)n1ccc2cc(F)ccc21. The van der Waals surface area contributed by atoms with Crippen molar-refractivity contribution in [2.45, 2.75) is 26.3 Å². The van der Waals surface area contributed by atoms with Gasteiger partial charge in [0.15, 0.2) is 5.65 Å². The summed E-state index contributed by atoms with van der Waals surface area (Å²) < 4.78 is 16.8. The summed E-state index contributed by atoms with van der Waals surface area (Å²) in [5.74, 6) is 0.00169. The maximum Gasteiger partial charge on any atom is 0.327 e. The number of nitrogens with one attached hydrogen (secondary N) is 1. The molecule has 1 aliphatic heterocycles. The van der Waals surface area contributed by atoms with Crippen LogP contribution in [0.3, 0.4) is 0 Å². The molecule has 4 aromatic heterocycles. The van der Waals surface area contributed by atoms with Crippen molar-refractivity contribution in [2.24, 2.45) is 0 Å². The van der Waals surface area contributed by atoms with Crippen LogP contribution in [-0.4, -0.2) is 48.1 Å². The number of aromatic amines is 1. The van der Waals surface area contributed by atoms with Crippen LogP contribution in [0.5, 0.6) is 0 Å². The molecular formula is C25H24FN7O2. The summed E-state index contributed by atoms with van der Waals surface area (Å²) in [5.41, 5.74) is 2.12. The van der Waals surface area contributed by atoms with Gasteiger partial charge in [-0.1, -0.05) is 7.43 Å².